The summed E-state index contributed by atoms with van der Waals surface area (Å²) in [5.41, 5.74) is 0.276. The van der Waals surface area contributed by atoms with Crippen molar-refractivity contribution in [2.45, 2.75) is 63.4 Å². The van der Waals surface area contributed by atoms with Gasteiger partial charge in [-0.1, -0.05) is 6.42 Å². The summed E-state index contributed by atoms with van der Waals surface area (Å²) in [4.78, 5) is 23.5. The van der Waals surface area contributed by atoms with Crippen LogP contribution in [0.3, 0.4) is 0 Å². The van der Waals surface area contributed by atoms with E-state index >= 15 is 0 Å². The Bertz CT molecular complexity index is 826. The summed E-state index contributed by atoms with van der Waals surface area (Å²) in [5, 5.41) is 5.05. The minimum absolute atomic E-state index is 0.0682. The van der Waals surface area contributed by atoms with Crippen LogP contribution in [0, 0.1) is 12.7 Å². The van der Waals surface area contributed by atoms with E-state index in [0.29, 0.717) is 19.4 Å². The number of carbonyl (C=O) groups excluding carboxylic acids is 2. The van der Waals surface area contributed by atoms with Gasteiger partial charge < -0.3 is 10.6 Å². The van der Waals surface area contributed by atoms with Crippen LogP contribution in [0.15, 0.2) is 23.1 Å². The van der Waals surface area contributed by atoms with Gasteiger partial charge in [-0.05, 0) is 63.8 Å². The Kier molecular flexibility index (Phi) is 7.54. The minimum Gasteiger partial charge on any atom is -0.348 e. The first kappa shape index (κ1) is 22.3. The molecule has 1 aromatic rings. The molecular weight excluding hydrogens is 385 g/mol. The highest BCUT2D eigenvalue weighted by Gasteiger charge is 2.33. The zero-order valence-electron chi connectivity index (χ0n) is 16.5. The summed E-state index contributed by atoms with van der Waals surface area (Å²) in [6.45, 7) is 5.62. The van der Waals surface area contributed by atoms with Crippen molar-refractivity contribution < 1.29 is 22.4 Å². The van der Waals surface area contributed by atoms with E-state index in [0.717, 1.165) is 18.9 Å². The van der Waals surface area contributed by atoms with Crippen LogP contribution >= 0.6 is 0 Å². The van der Waals surface area contributed by atoms with E-state index < -0.39 is 27.7 Å². The smallest absolute Gasteiger partial charge is 0.309 e. The minimum atomic E-state index is -3.76. The molecule has 1 fully saturated rings. The number of nitrogens with zero attached hydrogens (tertiary/aromatic N) is 1. The molecular formula is C19H28FN3O4S. The largest absolute Gasteiger partial charge is 0.348 e. The summed E-state index contributed by atoms with van der Waals surface area (Å²) >= 11 is 0. The van der Waals surface area contributed by atoms with Crippen molar-refractivity contribution in [1.82, 2.24) is 14.9 Å². The van der Waals surface area contributed by atoms with E-state index in [1.165, 1.54) is 23.4 Å². The fourth-order valence-electron chi connectivity index (χ4n) is 3.25. The van der Waals surface area contributed by atoms with Crippen LogP contribution in [-0.4, -0.2) is 49.7 Å². The van der Waals surface area contributed by atoms with Gasteiger partial charge in [0.1, 0.15) is 5.82 Å². The summed E-state index contributed by atoms with van der Waals surface area (Å²) in [6, 6.07) is 3.36. The molecule has 1 aliphatic heterocycles. The summed E-state index contributed by atoms with van der Waals surface area (Å²) in [5.74, 6) is -1.88. The van der Waals surface area contributed by atoms with Gasteiger partial charge in [0.05, 0.1) is 4.90 Å². The molecule has 1 aromatic carbocycles. The highest BCUT2D eigenvalue weighted by Crippen LogP contribution is 2.27. The van der Waals surface area contributed by atoms with Crippen LogP contribution in [0.2, 0.25) is 0 Å². The molecule has 9 heteroatoms. The number of hydrogen-bond donors (Lipinski definition) is 2. The van der Waals surface area contributed by atoms with Crippen molar-refractivity contribution in [2.24, 2.45) is 0 Å². The van der Waals surface area contributed by atoms with Gasteiger partial charge in [-0.2, -0.15) is 4.31 Å². The van der Waals surface area contributed by atoms with Crippen LogP contribution in [0.4, 0.5) is 4.39 Å². The first-order valence-electron chi connectivity index (χ1n) is 9.49. The lowest BCUT2D eigenvalue weighted by atomic mass is 10.0. The second kappa shape index (κ2) is 9.47. The van der Waals surface area contributed by atoms with Crippen molar-refractivity contribution in [1.29, 1.82) is 0 Å². The fourth-order valence-corrected chi connectivity index (χ4v) is 5.06. The lowest BCUT2D eigenvalue weighted by molar-refractivity contribution is -0.139. The Hall–Kier alpha value is -2.00. The molecule has 0 aliphatic carbocycles. The second-order valence-corrected chi connectivity index (χ2v) is 9.24. The highest BCUT2D eigenvalue weighted by atomic mass is 32.2. The van der Waals surface area contributed by atoms with Gasteiger partial charge in [-0.3, -0.25) is 9.59 Å². The van der Waals surface area contributed by atoms with Crippen LogP contribution in [-0.2, 0) is 19.6 Å². The summed E-state index contributed by atoms with van der Waals surface area (Å²) in [7, 11) is -3.76. The molecule has 1 heterocycles. The Balaban J connectivity index is 2.04. The number of rotatable bonds is 6. The van der Waals surface area contributed by atoms with E-state index in [-0.39, 0.29) is 29.1 Å². The molecule has 0 spiro atoms. The van der Waals surface area contributed by atoms with Crippen molar-refractivity contribution in [3.63, 3.8) is 0 Å². The first-order chi connectivity index (χ1) is 13.1. The molecule has 0 bridgehead atoms. The molecule has 2 rings (SSSR count). The van der Waals surface area contributed by atoms with Crippen molar-refractivity contribution in [2.75, 3.05) is 13.1 Å². The SMILES string of the molecule is Cc1cc(S(=O)(=O)N2CCCCC2CCNC(=O)C(=O)NC(C)C)ccc1F. The Morgan fingerprint density at radius 1 is 1.25 bits per heavy atom. The molecule has 7 nitrogen and oxygen atoms in total. The maximum atomic E-state index is 13.5. The number of amides is 2. The zero-order valence-corrected chi connectivity index (χ0v) is 17.3. The van der Waals surface area contributed by atoms with Crippen LogP contribution in [0.5, 0.6) is 0 Å². The van der Waals surface area contributed by atoms with Gasteiger partial charge in [0, 0.05) is 25.2 Å². The number of piperidine rings is 1. The number of halogens is 1. The van der Waals surface area contributed by atoms with E-state index in [2.05, 4.69) is 10.6 Å². The van der Waals surface area contributed by atoms with E-state index in [9.17, 15) is 22.4 Å². The third-order valence-electron chi connectivity index (χ3n) is 4.70. The third kappa shape index (κ3) is 5.51. The molecule has 1 unspecified atom stereocenters. The molecule has 1 atom stereocenters. The molecule has 156 valence electrons. The second-order valence-electron chi connectivity index (χ2n) is 7.35. The maximum Gasteiger partial charge on any atom is 0.309 e. The third-order valence-corrected chi connectivity index (χ3v) is 6.65. The van der Waals surface area contributed by atoms with Gasteiger partial charge in [0.15, 0.2) is 0 Å². The highest BCUT2D eigenvalue weighted by molar-refractivity contribution is 7.89. The average molecular weight is 414 g/mol. The van der Waals surface area contributed by atoms with Gasteiger partial charge in [0.25, 0.3) is 0 Å². The van der Waals surface area contributed by atoms with Crippen LogP contribution in [0.25, 0.3) is 0 Å². The van der Waals surface area contributed by atoms with Gasteiger partial charge in [-0.15, -0.1) is 0 Å². The van der Waals surface area contributed by atoms with Crippen molar-refractivity contribution >= 4 is 21.8 Å². The lowest BCUT2D eigenvalue weighted by Gasteiger charge is -2.34. The molecule has 0 saturated carbocycles. The summed E-state index contributed by atoms with van der Waals surface area (Å²) in [6.07, 6.45) is 2.72. The number of nitrogens with one attached hydrogen (secondary N) is 2. The van der Waals surface area contributed by atoms with Crippen molar-refractivity contribution in [3.8, 4) is 0 Å². The van der Waals surface area contributed by atoms with Gasteiger partial charge in [0.2, 0.25) is 10.0 Å². The first-order valence-corrected chi connectivity index (χ1v) is 10.9. The van der Waals surface area contributed by atoms with Crippen LogP contribution in [0.1, 0.15) is 45.1 Å². The molecule has 1 aliphatic rings. The molecule has 1 saturated heterocycles. The number of sulfonamides is 1. The lowest BCUT2D eigenvalue weighted by Crippen LogP contribution is -2.47. The Morgan fingerprint density at radius 3 is 2.61 bits per heavy atom. The van der Waals surface area contributed by atoms with E-state index in [1.54, 1.807) is 13.8 Å². The van der Waals surface area contributed by atoms with Gasteiger partial charge >= 0.3 is 11.8 Å². The predicted molar refractivity (Wildman–Crippen MR) is 104 cm³/mol. The van der Waals surface area contributed by atoms with E-state index in [1.807, 2.05) is 0 Å². The quantitative estimate of drug-likeness (QED) is 0.694. The number of carbonyl (C=O) groups is 2. The Morgan fingerprint density at radius 2 is 1.96 bits per heavy atom. The maximum absolute atomic E-state index is 13.5. The zero-order chi connectivity index (χ0) is 20.9. The molecule has 0 aromatic heterocycles. The number of hydrogen-bond acceptors (Lipinski definition) is 4. The number of benzene rings is 1. The summed E-state index contributed by atoms with van der Waals surface area (Å²) < 4.78 is 41.0. The predicted octanol–water partition coefficient (Wildman–Crippen LogP) is 1.71. The molecule has 2 N–H and O–H groups in total. The monoisotopic (exact) mass is 413 g/mol. The normalized spacial score (nSPS) is 18.1. The Labute approximate surface area is 165 Å². The fraction of sp³-hybridized carbons (Fsp3) is 0.579. The van der Waals surface area contributed by atoms with Crippen molar-refractivity contribution in [3.05, 3.63) is 29.6 Å². The molecule has 28 heavy (non-hydrogen) atoms. The number of aryl methyl sites for hydroxylation is 1. The molecule has 0 radical (unpaired) electrons. The van der Waals surface area contributed by atoms with E-state index in [4.69, 9.17) is 0 Å². The molecule has 2 amide bonds. The average Bonchev–Trinajstić information content (AvgIpc) is 2.63. The standard InChI is InChI=1S/C19H28FN3O4S/c1-13(2)22-19(25)18(24)21-10-9-15-6-4-5-11-23(15)28(26,27)16-7-8-17(20)14(3)12-16/h7-8,12-13,15H,4-6,9-11H2,1-3H3,(H,21,24)(H,22,25). The van der Waals surface area contributed by atoms with Crippen LogP contribution < -0.4 is 10.6 Å². The van der Waals surface area contributed by atoms with Gasteiger partial charge in [-0.25, -0.2) is 12.8 Å². The topological polar surface area (TPSA) is 95.6 Å².